The van der Waals surface area contributed by atoms with Gasteiger partial charge in [-0.15, -0.1) is 0 Å². The molecule has 8 nitrogen and oxygen atoms in total. The summed E-state index contributed by atoms with van der Waals surface area (Å²) >= 11 is -2.96. The van der Waals surface area contributed by atoms with Crippen molar-refractivity contribution in [2.24, 2.45) is 16.7 Å². The SMILES string of the molecule is C=COCCOc1ccc(I(OS(=O)(=O)CC23CCC(CC2=O)C3(C)C)c2ccc(OCCOC=C)cc2)cc1. The quantitative estimate of drug-likeness (QED) is 0.121. The Morgan fingerprint density at radius 1 is 0.875 bits per heavy atom. The first kappa shape index (κ1) is 30.4. The third-order valence-corrected chi connectivity index (χ3v) is 15.5. The second-order valence-corrected chi connectivity index (χ2v) is 16.9. The van der Waals surface area contributed by atoms with Crippen LogP contribution in [-0.4, -0.2) is 46.4 Å². The normalized spacial score (nSPS) is 21.5. The fraction of sp³-hybridized carbons (Fsp3) is 0.433. The van der Waals surface area contributed by atoms with Crippen LogP contribution in [0.2, 0.25) is 0 Å². The van der Waals surface area contributed by atoms with Crippen molar-refractivity contribution < 1.29 is 34.7 Å². The molecule has 0 radical (unpaired) electrons. The van der Waals surface area contributed by atoms with Gasteiger partial charge in [-0.1, -0.05) is 0 Å². The number of halogens is 1. The zero-order chi connectivity index (χ0) is 28.8. The summed E-state index contributed by atoms with van der Waals surface area (Å²) in [5.41, 5.74) is -1.27. The van der Waals surface area contributed by atoms with Crippen LogP contribution < -0.4 is 9.47 Å². The molecule has 0 spiro atoms. The Labute approximate surface area is 244 Å². The number of ketones is 1. The zero-order valence-corrected chi connectivity index (χ0v) is 25.9. The van der Waals surface area contributed by atoms with Gasteiger partial charge in [-0.2, -0.15) is 0 Å². The van der Waals surface area contributed by atoms with Gasteiger partial charge >= 0.3 is 246 Å². The van der Waals surface area contributed by atoms with Gasteiger partial charge in [-0.25, -0.2) is 0 Å². The third kappa shape index (κ3) is 6.66. The molecule has 40 heavy (non-hydrogen) atoms. The molecule has 0 aliphatic heterocycles. The van der Waals surface area contributed by atoms with Crippen LogP contribution in [0.15, 0.2) is 74.2 Å². The first-order chi connectivity index (χ1) is 19.1. The zero-order valence-electron chi connectivity index (χ0n) is 23.0. The molecule has 0 saturated heterocycles. The predicted octanol–water partition coefficient (Wildman–Crippen LogP) is 5.97. The van der Waals surface area contributed by atoms with E-state index in [1.807, 2.05) is 38.1 Å². The first-order valence-electron chi connectivity index (χ1n) is 13.2. The van der Waals surface area contributed by atoms with E-state index in [0.29, 0.717) is 50.8 Å². The van der Waals surface area contributed by atoms with Crippen molar-refractivity contribution in [3.63, 3.8) is 0 Å². The van der Waals surface area contributed by atoms with Gasteiger partial charge in [0, 0.05) is 0 Å². The predicted molar refractivity (Wildman–Crippen MR) is 161 cm³/mol. The minimum absolute atomic E-state index is 0.0464. The van der Waals surface area contributed by atoms with Crippen molar-refractivity contribution in [1.82, 2.24) is 0 Å². The van der Waals surface area contributed by atoms with Gasteiger partial charge in [0.05, 0.1) is 0 Å². The Morgan fingerprint density at radius 2 is 1.38 bits per heavy atom. The average Bonchev–Trinajstić information content (AvgIpc) is 3.27. The summed E-state index contributed by atoms with van der Waals surface area (Å²) in [6, 6.07) is 14.6. The summed E-state index contributed by atoms with van der Waals surface area (Å²) < 4.78 is 56.6. The summed E-state index contributed by atoms with van der Waals surface area (Å²) in [5.74, 6) is 1.25. The Hall–Kier alpha value is -2.57. The summed E-state index contributed by atoms with van der Waals surface area (Å²) in [7, 11) is -4.04. The Morgan fingerprint density at radius 3 is 1.77 bits per heavy atom. The van der Waals surface area contributed by atoms with Crippen molar-refractivity contribution >= 4 is 36.1 Å². The van der Waals surface area contributed by atoms with Crippen LogP contribution in [0, 0.1) is 23.9 Å². The van der Waals surface area contributed by atoms with Crippen molar-refractivity contribution in [2.45, 2.75) is 33.1 Å². The third-order valence-electron chi connectivity index (χ3n) is 7.92. The van der Waals surface area contributed by atoms with Gasteiger partial charge in [0.25, 0.3) is 0 Å². The van der Waals surface area contributed by atoms with Crippen LogP contribution in [0.5, 0.6) is 11.5 Å². The molecular weight excluding hydrogens is 647 g/mol. The van der Waals surface area contributed by atoms with Gasteiger partial charge in [0.15, 0.2) is 0 Å². The molecule has 2 fully saturated rings. The van der Waals surface area contributed by atoms with E-state index in [9.17, 15) is 13.2 Å². The van der Waals surface area contributed by atoms with Crippen LogP contribution in [0.1, 0.15) is 33.1 Å². The molecule has 2 unspecified atom stereocenters. The van der Waals surface area contributed by atoms with Crippen LogP contribution >= 0.6 is 20.2 Å². The molecule has 0 heterocycles. The Kier molecular flexibility index (Phi) is 9.84. The Balaban J connectivity index is 1.56. The molecule has 0 amide bonds. The maximum atomic E-state index is 13.7. The van der Waals surface area contributed by atoms with Gasteiger partial charge in [-0.05, 0) is 0 Å². The van der Waals surface area contributed by atoms with E-state index in [0.717, 1.165) is 13.6 Å². The van der Waals surface area contributed by atoms with Crippen molar-refractivity contribution in [2.75, 3.05) is 32.2 Å². The molecule has 2 bridgehead atoms. The second-order valence-electron chi connectivity index (χ2n) is 10.4. The van der Waals surface area contributed by atoms with Gasteiger partial charge in [0.2, 0.25) is 0 Å². The molecule has 218 valence electrons. The van der Waals surface area contributed by atoms with Crippen molar-refractivity contribution in [3.05, 3.63) is 81.4 Å². The van der Waals surface area contributed by atoms with E-state index in [2.05, 4.69) is 13.2 Å². The standard InChI is InChI=1S/C30H37IO8S/c1-5-35-17-19-37-26-11-7-24(8-12-26)31(25-9-13-27(14-10-25)38-20-18-36-6-2)39-40(33,34)22-30-16-15-23(21-28(30)32)29(30,3)4/h5-14,23H,1-2,15-22H2,3-4H3. The topological polar surface area (TPSA) is 97.4 Å². The van der Waals surface area contributed by atoms with Crippen LogP contribution in [0.3, 0.4) is 0 Å². The number of rotatable bonds is 16. The van der Waals surface area contributed by atoms with E-state index in [1.54, 1.807) is 24.3 Å². The molecule has 2 atom stereocenters. The summed E-state index contributed by atoms with van der Waals surface area (Å²) in [6.45, 7) is 12.5. The second kappa shape index (κ2) is 12.9. The van der Waals surface area contributed by atoms with E-state index in [1.165, 1.54) is 12.5 Å². The summed E-state index contributed by atoms with van der Waals surface area (Å²) in [6.07, 6.45) is 4.62. The number of hydrogen-bond donors (Lipinski definition) is 0. The van der Waals surface area contributed by atoms with E-state index < -0.39 is 35.8 Å². The molecule has 0 N–H and O–H groups in total. The van der Waals surface area contributed by atoms with Gasteiger partial charge in [0.1, 0.15) is 0 Å². The average molecular weight is 685 g/mol. The molecule has 4 rings (SSSR count). The fourth-order valence-corrected chi connectivity index (χ4v) is 13.3. The van der Waals surface area contributed by atoms with Crippen LogP contribution in [0.4, 0.5) is 0 Å². The number of ether oxygens (including phenoxy) is 4. The van der Waals surface area contributed by atoms with Crippen molar-refractivity contribution in [1.29, 1.82) is 0 Å². The number of benzene rings is 2. The van der Waals surface area contributed by atoms with E-state index in [4.69, 9.17) is 21.5 Å². The van der Waals surface area contributed by atoms with Gasteiger partial charge in [-0.3, -0.25) is 0 Å². The molecule has 2 aromatic carbocycles. The molecule has 2 aliphatic rings. The number of carbonyl (C=O) groups excluding carboxylic acids is 1. The molecule has 0 aromatic heterocycles. The minimum atomic E-state index is -4.04. The Bertz CT molecular complexity index is 1230. The van der Waals surface area contributed by atoms with E-state index >= 15 is 0 Å². The number of hydrogen-bond acceptors (Lipinski definition) is 8. The van der Waals surface area contributed by atoms with Crippen LogP contribution in [-0.2, 0) is 26.9 Å². The summed E-state index contributed by atoms with van der Waals surface area (Å²) in [5, 5.41) is 0. The number of Topliss-reactive ketones (excluding diaryl/α,β-unsaturated/α-hetero) is 1. The molecule has 10 heteroatoms. The molecular formula is C30H37IO8S. The van der Waals surface area contributed by atoms with Gasteiger partial charge < -0.3 is 0 Å². The number of fused-ring (bicyclic) bond motifs is 2. The fourth-order valence-electron chi connectivity index (χ4n) is 5.60. The molecule has 2 aliphatic carbocycles. The maximum absolute atomic E-state index is 13.7. The molecule has 2 saturated carbocycles. The molecule has 2 aromatic rings. The van der Waals surface area contributed by atoms with Crippen molar-refractivity contribution in [3.8, 4) is 11.5 Å². The van der Waals surface area contributed by atoms with Crippen LogP contribution in [0.25, 0.3) is 0 Å². The summed E-state index contributed by atoms with van der Waals surface area (Å²) in [4.78, 5) is 13.0. The first-order valence-corrected chi connectivity index (χ1v) is 17.8. The van der Waals surface area contributed by atoms with E-state index in [-0.39, 0.29) is 22.9 Å². The monoisotopic (exact) mass is 684 g/mol. The number of carbonyl (C=O) groups is 1.